The molecule has 0 aliphatic rings. The normalized spacial score (nSPS) is 13.1. The number of carboxylic acid groups (broad SMARTS) is 2. The van der Waals surface area contributed by atoms with Crippen LogP contribution in [-0.2, 0) is 9.59 Å². The van der Waals surface area contributed by atoms with Gasteiger partial charge in [-0.1, -0.05) is 19.9 Å². The van der Waals surface area contributed by atoms with E-state index in [0.29, 0.717) is 5.92 Å². The highest BCUT2D eigenvalue weighted by Crippen LogP contribution is 2.13. The van der Waals surface area contributed by atoms with Crippen molar-refractivity contribution < 1.29 is 33.0 Å². The van der Waals surface area contributed by atoms with Gasteiger partial charge in [0, 0.05) is 12.1 Å². The number of carbonyl (C=O) groups is 2. The number of hydrogen-bond donors (Lipinski definition) is 3. The Bertz CT molecular complexity index is 300. The average Bonchev–Trinajstić information content (AvgIpc) is 2.13. The molecule has 0 saturated carbocycles. The summed E-state index contributed by atoms with van der Waals surface area (Å²) in [4.78, 5) is 18.9. The molecule has 0 saturated heterocycles. The third-order valence-corrected chi connectivity index (χ3v) is 1.47. The number of hydrogen-bond acceptors (Lipinski definition) is 3. The molecular weight excluding hydrogens is 255 g/mol. The summed E-state index contributed by atoms with van der Waals surface area (Å²) >= 11 is 0. The van der Waals surface area contributed by atoms with Crippen molar-refractivity contribution in [2.24, 2.45) is 11.7 Å². The molecule has 0 bridgehead atoms. The molecule has 0 fully saturated rings. The number of alkyl halides is 3. The van der Waals surface area contributed by atoms with E-state index in [4.69, 9.17) is 20.7 Å². The quantitative estimate of drug-likeness (QED) is 0.675. The maximum atomic E-state index is 10.6. The topological polar surface area (TPSA) is 101 Å². The van der Waals surface area contributed by atoms with E-state index >= 15 is 0 Å². The summed E-state index contributed by atoms with van der Waals surface area (Å²) in [7, 11) is 0. The molecule has 8 heteroatoms. The Morgan fingerprint density at radius 3 is 1.89 bits per heavy atom. The summed E-state index contributed by atoms with van der Waals surface area (Å²) in [5, 5.41) is 15.4. The van der Waals surface area contributed by atoms with E-state index in [-0.39, 0.29) is 6.04 Å². The summed E-state index contributed by atoms with van der Waals surface area (Å²) in [6, 6.07) is -0.133. The van der Waals surface area contributed by atoms with Crippen molar-refractivity contribution in [3.05, 3.63) is 12.2 Å². The van der Waals surface area contributed by atoms with Gasteiger partial charge in [-0.05, 0) is 12.3 Å². The van der Waals surface area contributed by atoms with Crippen LogP contribution < -0.4 is 5.73 Å². The molecule has 18 heavy (non-hydrogen) atoms. The van der Waals surface area contributed by atoms with E-state index in [1.165, 1.54) is 6.08 Å². The van der Waals surface area contributed by atoms with Gasteiger partial charge in [0.2, 0.25) is 0 Å². The Kier molecular flexibility index (Phi) is 8.88. The van der Waals surface area contributed by atoms with Gasteiger partial charge < -0.3 is 15.9 Å². The molecule has 0 aromatic rings. The number of nitrogens with two attached hydrogens (primary N) is 1. The molecule has 4 N–H and O–H groups in total. The van der Waals surface area contributed by atoms with Crippen molar-refractivity contribution in [1.29, 1.82) is 0 Å². The van der Waals surface area contributed by atoms with E-state index in [1.807, 2.05) is 0 Å². The first-order chi connectivity index (χ1) is 7.96. The SMILES string of the molecule is CC(C)C[C@H](N)C=CC(=O)O.O=C(O)C(F)(F)F. The molecule has 106 valence electrons. The summed E-state index contributed by atoms with van der Waals surface area (Å²) in [6.07, 6.45) is -1.65. The van der Waals surface area contributed by atoms with Crippen LogP contribution in [0.2, 0.25) is 0 Å². The van der Waals surface area contributed by atoms with Crippen LogP contribution in [0.5, 0.6) is 0 Å². The van der Waals surface area contributed by atoms with Crippen molar-refractivity contribution in [3.8, 4) is 0 Å². The van der Waals surface area contributed by atoms with Crippen LogP contribution in [0, 0.1) is 5.92 Å². The molecule has 0 aliphatic heterocycles. The minimum atomic E-state index is -5.08. The lowest BCUT2D eigenvalue weighted by atomic mass is 10.0. The molecule has 1 atom stereocenters. The Morgan fingerprint density at radius 1 is 1.28 bits per heavy atom. The lowest BCUT2D eigenvalue weighted by Gasteiger charge is -2.07. The van der Waals surface area contributed by atoms with Gasteiger partial charge in [0.15, 0.2) is 0 Å². The number of rotatable bonds is 4. The molecule has 0 spiro atoms. The molecular formula is C10H16F3NO4. The Hall–Kier alpha value is -1.57. The van der Waals surface area contributed by atoms with E-state index in [9.17, 15) is 18.0 Å². The third-order valence-electron chi connectivity index (χ3n) is 1.47. The molecule has 5 nitrogen and oxygen atoms in total. The molecule has 0 aliphatic carbocycles. The molecule has 0 amide bonds. The van der Waals surface area contributed by atoms with E-state index in [0.717, 1.165) is 12.5 Å². The van der Waals surface area contributed by atoms with E-state index < -0.39 is 18.1 Å². The second-order valence-electron chi connectivity index (χ2n) is 3.79. The smallest absolute Gasteiger partial charge is 0.478 e. The second-order valence-corrected chi connectivity index (χ2v) is 3.79. The van der Waals surface area contributed by atoms with Crippen LogP contribution in [0.1, 0.15) is 20.3 Å². The highest BCUT2D eigenvalue weighted by molar-refractivity contribution is 5.79. The second kappa shape index (κ2) is 8.51. The molecule has 0 heterocycles. The monoisotopic (exact) mass is 271 g/mol. The molecule has 0 rings (SSSR count). The summed E-state index contributed by atoms with van der Waals surface area (Å²) in [5.74, 6) is -3.19. The van der Waals surface area contributed by atoms with Crippen molar-refractivity contribution in [1.82, 2.24) is 0 Å². The molecule has 0 unspecified atom stereocenters. The van der Waals surface area contributed by atoms with Gasteiger partial charge in [0.05, 0.1) is 0 Å². The first-order valence-electron chi connectivity index (χ1n) is 4.93. The van der Waals surface area contributed by atoms with Gasteiger partial charge in [-0.25, -0.2) is 9.59 Å². The lowest BCUT2D eigenvalue weighted by Crippen LogP contribution is -2.21. The maximum absolute atomic E-state index is 10.6. The molecule has 0 radical (unpaired) electrons. The Balaban J connectivity index is 0. The van der Waals surface area contributed by atoms with Crippen LogP contribution in [0.4, 0.5) is 13.2 Å². The zero-order valence-corrected chi connectivity index (χ0v) is 9.94. The van der Waals surface area contributed by atoms with Crippen LogP contribution in [0.25, 0.3) is 0 Å². The summed E-state index contributed by atoms with van der Waals surface area (Å²) in [5.41, 5.74) is 5.57. The van der Waals surface area contributed by atoms with E-state index in [2.05, 4.69) is 13.8 Å². The summed E-state index contributed by atoms with van der Waals surface area (Å²) < 4.78 is 31.7. The van der Waals surface area contributed by atoms with Crippen molar-refractivity contribution in [2.45, 2.75) is 32.5 Å². The Morgan fingerprint density at radius 2 is 1.67 bits per heavy atom. The fourth-order valence-electron chi connectivity index (χ4n) is 0.829. The summed E-state index contributed by atoms with van der Waals surface area (Å²) in [6.45, 7) is 4.10. The van der Waals surface area contributed by atoms with Gasteiger partial charge in [-0.15, -0.1) is 0 Å². The van der Waals surface area contributed by atoms with Crippen molar-refractivity contribution >= 4 is 11.9 Å². The van der Waals surface area contributed by atoms with Gasteiger partial charge in [0.1, 0.15) is 0 Å². The van der Waals surface area contributed by atoms with Crippen molar-refractivity contribution in [2.75, 3.05) is 0 Å². The van der Waals surface area contributed by atoms with Crippen molar-refractivity contribution in [3.63, 3.8) is 0 Å². The Labute approximate surface area is 102 Å². The highest BCUT2D eigenvalue weighted by atomic mass is 19.4. The van der Waals surface area contributed by atoms with Crippen LogP contribution in [-0.4, -0.2) is 34.4 Å². The lowest BCUT2D eigenvalue weighted by molar-refractivity contribution is -0.192. The van der Waals surface area contributed by atoms with Gasteiger partial charge in [0.25, 0.3) is 0 Å². The maximum Gasteiger partial charge on any atom is 0.490 e. The molecule has 0 aromatic carbocycles. The first-order valence-corrected chi connectivity index (χ1v) is 4.93. The van der Waals surface area contributed by atoms with Crippen LogP contribution in [0.3, 0.4) is 0 Å². The minimum absolute atomic E-state index is 0.133. The predicted molar refractivity (Wildman–Crippen MR) is 57.9 cm³/mol. The first kappa shape index (κ1) is 18.8. The van der Waals surface area contributed by atoms with Gasteiger partial charge >= 0.3 is 18.1 Å². The predicted octanol–water partition coefficient (Wildman–Crippen LogP) is 1.63. The zero-order valence-electron chi connectivity index (χ0n) is 9.94. The number of aliphatic carboxylic acids is 2. The molecule has 0 aromatic heterocycles. The zero-order chi connectivity index (χ0) is 14.9. The fourth-order valence-corrected chi connectivity index (χ4v) is 0.829. The van der Waals surface area contributed by atoms with E-state index in [1.54, 1.807) is 0 Å². The highest BCUT2D eigenvalue weighted by Gasteiger charge is 2.38. The number of halogens is 3. The van der Waals surface area contributed by atoms with Crippen LogP contribution in [0.15, 0.2) is 12.2 Å². The van der Waals surface area contributed by atoms with Gasteiger partial charge in [-0.3, -0.25) is 0 Å². The average molecular weight is 271 g/mol. The van der Waals surface area contributed by atoms with Crippen LogP contribution >= 0.6 is 0 Å². The third kappa shape index (κ3) is 14.4. The largest absolute Gasteiger partial charge is 0.490 e. The van der Waals surface area contributed by atoms with Gasteiger partial charge in [-0.2, -0.15) is 13.2 Å². The fraction of sp³-hybridized carbons (Fsp3) is 0.600. The number of carboxylic acids is 2. The standard InChI is InChI=1S/C8H15NO2.C2HF3O2/c1-6(2)5-7(9)3-4-8(10)11;3-2(4,5)1(6)7/h3-4,6-7H,5,9H2,1-2H3,(H,10,11);(H,6,7)/t7-;/m1./s1. The minimum Gasteiger partial charge on any atom is -0.478 e.